The first kappa shape index (κ1) is 14.1. The minimum Gasteiger partial charge on any atom is -0.306 e. The van der Waals surface area contributed by atoms with Gasteiger partial charge in [-0.1, -0.05) is 15.9 Å². The molecule has 0 bridgehead atoms. The van der Waals surface area contributed by atoms with Gasteiger partial charge >= 0.3 is 0 Å². The highest BCUT2D eigenvalue weighted by Gasteiger charge is 2.13. The predicted octanol–water partition coefficient (Wildman–Crippen LogP) is 4.31. The number of nitrogens with one attached hydrogen (secondary N) is 1. The number of halogens is 3. The van der Waals surface area contributed by atoms with Crippen LogP contribution in [0.4, 0.5) is 10.2 Å². The zero-order valence-electron chi connectivity index (χ0n) is 9.88. The number of carbonyl (C=O) groups excluding carboxylic acids is 1. The van der Waals surface area contributed by atoms with E-state index in [0.29, 0.717) is 10.3 Å². The lowest BCUT2D eigenvalue weighted by molar-refractivity contribution is 0.102. The number of benzene rings is 1. The van der Waals surface area contributed by atoms with Gasteiger partial charge in [-0.15, -0.1) is 0 Å². The van der Waals surface area contributed by atoms with Crippen LogP contribution in [0.5, 0.6) is 0 Å². The molecule has 0 aliphatic rings. The molecule has 1 aromatic carbocycles. The lowest BCUT2D eigenvalue weighted by Crippen LogP contribution is -2.14. The molecular formula is C13H9Br2FN2O. The Hall–Kier alpha value is -1.27. The molecule has 0 saturated heterocycles. The van der Waals surface area contributed by atoms with Crippen LogP contribution in [0.25, 0.3) is 0 Å². The summed E-state index contributed by atoms with van der Waals surface area (Å²) in [5.41, 5.74) is 0.909. The number of amides is 1. The monoisotopic (exact) mass is 386 g/mol. The fraction of sp³-hybridized carbons (Fsp3) is 0.0769. The number of anilines is 1. The largest absolute Gasteiger partial charge is 0.306 e. The summed E-state index contributed by atoms with van der Waals surface area (Å²) >= 11 is 6.46. The average Bonchev–Trinajstić information content (AvgIpc) is 2.33. The van der Waals surface area contributed by atoms with Crippen LogP contribution in [0.3, 0.4) is 0 Å². The van der Waals surface area contributed by atoms with E-state index in [1.807, 2.05) is 6.92 Å². The van der Waals surface area contributed by atoms with E-state index in [1.165, 1.54) is 12.1 Å². The van der Waals surface area contributed by atoms with Crippen molar-refractivity contribution in [2.45, 2.75) is 6.92 Å². The van der Waals surface area contributed by atoms with Crippen molar-refractivity contribution in [3.8, 4) is 0 Å². The number of aryl methyl sites for hydroxylation is 1. The third-order valence-corrected chi connectivity index (χ3v) is 3.79. The Balaban J connectivity index is 2.23. The van der Waals surface area contributed by atoms with Gasteiger partial charge in [-0.05, 0) is 52.7 Å². The highest BCUT2D eigenvalue weighted by atomic mass is 79.9. The Morgan fingerprint density at radius 2 is 2.05 bits per heavy atom. The molecule has 0 unspecified atom stereocenters. The van der Waals surface area contributed by atoms with Gasteiger partial charge in [-0.3, -0.25) is 4.79 Å². The number of hydrogen-bond acceptors (Lipinski definition) is 2. The van der Waals surface area contributed by atoms with Crippen molar-refractivity contribution in [2.24, 2.45) is 0 Å². The van der Waals surface area contributed by atoms with Gasteiger partial charge in [0, 0.05) is 15.1 Å². The molecule has 0 radical (unpaired) electrons. The van der Waals surface area contributed by atoms with Crippen LogP contribution in [0.1, 0.15) is 15.9 Å². The normalized spacial score (nSPS) is 10.3. The van der Waals surface area contributed by atoms with Gasteiger partial charge in [-0.25, -0.2) is 9.37 Å². The minimum absolute atomic E-state index is 0.0226. The van der Waals surface area contributed by atoms with Gasteiger partial charge in [-0.2, -0.15) is 0 Å². The molecule has 1 heterocycles. The van der Waals surface area contributed by atoms with Crippen molar-refractivity contribution >= 4 is 43.6 Å². The molecule has 0 saturated carbocycles. The number of carbonyl (C=O) groups is 1. The Labute approximate surface area is 126 Å². The number of pyridine rings is 1. The molecule has 0 fully saturated rings. The Bertz CT molecular complexity index is 647. The Morgan fingerprint density at radius 1 is 1.32 bits per heavy atom. The number of nitrogens with zero attached hydrogens (tertiary/aromatic N) is 1. The van der Waals surface area contributed by atoms with Crippen molar-refractivity contribution < 1.29 is 9.18 Å². The van der Waals surface area contributed by atoms with Gasteiger partial charge in [0.1, 0.15) is 11.6 Å². The first-order valence-electron chi connectivity index (χ1n) is 5.36. The van der Waals surface area contributed by atoms with Gasteiger partial charge < -0.3 is 5.32 Å². The number of rotatable bonds is 2. The lowest BCUT2D eigenvalue weighted by Gasteiger charge is -2.07. The van der Waals surface area contributed by atoms with Crippen molar-refractivity contribution in [1.29, 1.82) is 0 Å². The molecule has 0 aliphatic heterocycles. The third-order valence-electron chi connectivity index (χ3n) is 2.46. The zero-order chi connectivity index (χ0) is 14.0. The first-order valence-corrected chi connectivity index (χ1v) is 6.94. The van der Waals surface area contributed by atoms with E-state index in [0.717, 1.165) is 10.0 Å². The van der Waals surface area contributed by atoms with E-state index >= 15 is 0 Å². The molecule has 2 rings (SSSR count). The molecule has 0 aliphatic carbocycles. The van der Waals surface area contributed by atoms with Crippen molar-refractivity contribution in [3.05, 3.63) is 56.4 Å². The highest BCUT2D eigenvalue weighted by molar-refractivity contribution is 9.10. The van der Waals surface area contributed by atoms with Crippen molar-refractivity contribution in [3.63, 3.8) is 0 Å². The fourth-order valence-corrected chi connectivity index (χ4v) is 2.01. The standard InChI is InChI=1S/C13H9Br2FN2O/c1-7-4-12(17-6-10(7)15)18-13(19)9-3-2-8(14)5-11(9)16/h2-6H,1H3,(H,17,18,19). The van der Waals surface area contributed by atoms with E-state index in [1.54, 1.807) is 18.3 Å². The topological polar surface area (TPSA) is 42.0 Å². The minimum atomic E-state index is -0.583. The van der Waals surface area contributed by atoms with Crippen LogP contribution in [-0.2, 0) is 0 Å². The second-order valence-electron chi connectivity index (χ2n) is 3.90. The Kier molecular flexibility index (Phi) is 4.31. The van der Waals surface area contributed by atoms with Crippen LogP contribution < -0.4 is 5.32 Å². The summed E-state index contributed by atoms with van der Waals surface area (Å²) in [6, 6.07) is 5.98. The number of aromatic nitrogens is 1. The molecule has 19 heavy (non-hydrogen) atoms. The van der Waals surface area contributed by atoms with E-state index in [-0.39, 0.29) is 5.56 Å². The molecule has 3 nitrogen and oxygen atoms in total. The van der Waals surface area contributed by atoms with Crippen LogP contribution in [0.2, 0.25) is 0 Å². The summed E-state index contributed by atoms with van der Waals surface area (Å²) in [6.45, 7) is 1.88. The molecule has 2 aromatic rings. The summed E-state index contributed by atoms with van der Waals surface area (Å²) in [7, 11) is 0. The van der Waals surface area contributed by atoms with Gasteiger partial charge in [0.15, 0.2) is 0 Å². The number of hydrogen-bond donors (Lipinski definition) is 1. The fourth-order valence-electron chi connectivity index (χ4n) is 1.46. The molecular weight excluding hydrogens is 379 g/mol. The maximum atomic E-state index is 13.6. The molecule has 0 atom stereocenters. The van der Waals surface area contributed by atoms with Crippen LogP contribution in [-0.4, -0.2) is 10.9 Å². The Morgan fingerprint density at radius 3 is 2.68 bits per heavy atom. The van der Waals surface area contributed by atoms with Crippen molar-refractivity contribution in [2.75, 3.05) is 5.32 Å². The maximum absolute atomic E-state index is 13.6. The molecule has 6 heteroatoms. The summed E-state index contributed by atoms with van der Waals surface area (Å²) in [4.78, 5) is 16.0. The van der Waals surface area contributed by atoms with Crippen LogP contribution in [0.15, 0.2) is 39.4 Å². The smallest absolute Gasteiger partial charge is 0.259 e. The molecule has 1 aromatic heterocycles. The quantitative estimate of drug-likeness (QED) is 0.834. The second-order valence-corrected chi connectivity index (χ2v) is 5.67. The SMILES string of the molecule is Cc1cc(NC(=O)c2ccc(Br)cc2F)ncc1Br. The van der Waals surface area contributed by atoms with Crippen LogP contribution >= 0.6 is 31.9 Å². The predicted molar refractivity (Wildman–Crippen MR) is 78.7 cm³/mol. The second kappa shape index (κ2) is 5.79. The maximum Gasteiger partial charge on any atom is 0.259 e. The average molecular weight is 388 g/mol. The zero-order valence-corrected chi connectivity index (χ0v) is 13.0. The van der Waals surface area contributed by atoms with Gasteiger partial charge in [0.25, 0.3) is 5.91 Å². The molecule has 1 amide bonds. The van der Waals surface area contributed by atoms with E-state index in [9.17, 15) is 9.18 Å². The summed E-state index contributed by atoms with van der Waals surface area (Å²) in [5, 5.41) is 2.56. The van der Waals surface area contributed by atoms with E-state index < -0.39 is 11.7 Å². The summed E-state index contributed by atoms with van der Waals surface area (Å²) in [6.07, 6.45) is 1.59. The summed E-state index contributed by atoms with van der Waals surface area (Å²) in [5.74, 6) is -0.729. The van der Waals surface area contributed by atoms with E-state index in [4.69, 9.17) is 0 Å². The van der Waals surface area contributed by atoms with Gasteiger partial charge in [0.2, 0.25) is 0 Å². The molecule has 1 N–H and O–H groups in total. The molecule has 0 spiro atoms. The van der Waals surface area contributed by atoms with E-state index in [2.05, 4.69) is 42.2 Å². The highest BCUT2D eigenvalue weighted by Crippen LogP contribution is 2.19. The lowest BCUT2D eigenvalue weighted by atomic mass is 10.2. The molecule has 98 valence electrons. The van der Waals surface area contributed by atoms with Gasteiger partial charge in [0.05, 0.1) is 5.56 Å². The van der Waals surface area contributed by atoms with Crippen LogP contribution in [0, 0.1) is 12.7 Å². The third kappa shape index (κ3) is 3.39. The van der Waals surface area contributed by atoms with Crippen molar-refractivity contribution in [1.82, 2.24) is 4.98 Å². The first-order chi connectivity index (χ1) is 8.97. The summed E-state index contributed by atoms with van der Waals surface area (Å²) < 4.78 is 15.1.